The molecule has 2 aromatic carbocycles. The minimum atomic E-state index is -0.397. The number of likely N-dealkylation sites (N-methyl/N-ethyl adjacent to an activating group) is 2. The standard InChI is InChI=1S/C18H21FN2O2/c1-20(12-14-9-10-17(23-3)16(19)11-14)13-18(22)21(2)15-7-5-4-6-8-15/h4-11H,12-13H2,1-3H3. The highest BCUT2D eigenvalue weighted by molar-refractivity contribution is 5.94. The summed E-state index contributed by atoms with van der Waals surface area (Å²) < 4.78 is 18.6. The lowest BCUT2D eigenvalue weighted by molar-refractivity contribution is -0.119. The summed E-state index contributed by atoms with van der Waals surface area (Å²) >= 11 is 0. The van der Waals surface area contributed by atoms with Crippen LogP contribution in [0.25, 0.3) is 0 Å². The van der Waals surface area contributed by atoms with Crippen molar-refractivity contribution < 1.29 is 13.9 Å². The number of amides is 1. The van der Waals surface area contributed by atoms with Crippen LogP contribution in [-0.2, 0) is 11.3 Å². The predicted octanol–water partition coefficient (Wildman–Crippen LogP) is 2.93. The van der Waals surface area contributed by atoms with Crippen molar-refractivity contribution in [2.75, 3.05) is 32.6 Å². The molecule has 5 heteroatoms. The Hall–Kier alpha value is -2.40. The molecule has 2 aromatic rings. The number of hydrogen-bond acceptors (Lipinski definition) is 3. The molecule has 0 aromatic heterocycles. The molecule has 23 heavy (non-hydrogen) atoms. The Morgan fingerprint density at radius 2 is 1.83 bits per heavy atom. The molecule has 0 N–H and O–H groups in total. The van der Waals surface area contributed by atoms with Crippen LogP contribution in [0.1, 0.15) is 5.56 Å². The molecular formula is C18H21FN2O2. The van der Waals surface area contributed by atoms with Gasteiger partial charge < -0.3 is 9.64 Å². The fraction of sp³-hybridized carbons (Fsp3) is 0.278. The first-order valence-electron chi connectivity index (χ1n) is 7.34. The number of halogens is 1. The fourth-order valence-corrected chi connectivity index (χ4v) is 2.31. The van der Waals surface area contributed by atoms with E-state index in [0.717, 1.165) is 11.3 Å². The number of ether oxygens (including phenoxy) is 1. The van der Waals surface area contributed by atoms with E-state index in [-0.39, 0.29) is 18.2 Å². The van der Waals surface area contributed by atoms with Crippen molar-refractivity contribution in [1.29, 1.82) is 0 Å². The summed E-state index contributed by atoms with van der Waals surface area (Å²) in [6.45, 7) is 0.730. The van der Waals surface area contributed by atoms with Crippen LogP contribution in [0, 0.1) is 5.82 Å². The average molecular weight is 316 g/mol. The number of rotatable bonds is 6. The van der Waals surface area contributed by atoms with Crippen LogP contribution in [0.3, 0.4) is 0 Å². The van der Waals surface area contributed by atoms with E-state index in [0.29, 0.717) is 6.54 Å². The third-order valence-corrected chi connectivity index (χ3v) is 3.59. The Balaban J connectivity index is 1.95. The number of hydrogen-bond donors (Lipinski definition) is 0. The molecule has 122 valence electrons. The van der Waals surface area contributed by atoms with Gasteiger partial charge in [0.2, 0.25) is 5.91 Å². The SMILES string of the molecule is COc1ccc(CN(C)CC(=O)N(C)c2ccccc2)cc1F. The Labute approximate surface area is 136 Å². The highest BCUT2D eigenvalue weighted by Gasteiger charge is 2.14. The smallest absolute Gasteiger partial charge is 0.240 e. The van der Waals surface area contributed by atoms with E-state index in [1.165, 1.54) is 13.2 Å². The molecule has 0 bridgehead atoms. The van der Waals surface area contributed by atoms with Gasteiger partial charge in [-0.05, 0) is 36.9 Å². The molecule has 0 unspecified atom stereocenters. The van der Waals surface area contributed by atoms with E-state index in [9.17, 15) is 9.18 Å². The summed E-state index contributed by atoms with van der Waals surface area (Å²) in [6, 6.07) is 14.3. The maximum Gasteiger partial charge on any atom is 0.240 e. The van der Waals surface area contributed by atoms with Gasteiger partial charge in [-0.1, -0.05) is 24.3 Å². The van der Waals surface area contributed by atoms with E-state index in [4.69, 9.17) is 4.74 Å². The highest BCUT2D eigenvalue weighted by atomic mass is 19.1. The van der Waals surface area contributed by atoms with E-state index < -0.39 is 5.82 Å². The molecular weight excluding hydrogens is 295 g/mol. The third kappa shape index (κ3) is 4.53. The fourth-order valence-electron chi connectivity index (χ4n) is 2.31. The maximum absolute atomic E-state index is 13.7. The number of benzene rings is 2. The molecule has 0 fully saturated rings. The van der Waals surface area contributed by atoms with Gasteiger partial charge in [-0.3, -0.25) is 9.69 Å². The van der Waals surface area contributed by atoms with Crippen LogP contribution in [0.5, 0.6) is 5.75 Å². The Bertz CT molecular complexity index is 661. The number of methoxy groups -OCH3 is 1. The van der Waals surface area contributed by atoms with E-state index >= 15 is 0 Å². The lowest BCUT2D eigenvalue weighted by Crippen LogP contribution is -2.36. The molecule has 0 heterocycles. The van der Waals surface area contributed by atoms with Crippen molar-refractivity contribution in [1.82, 2.24) is 4.90 Å². The zero-order valence-corrected chi connectivity index (χ0v) is 13.6. The second kappa shape index (κ2) is 7.74. The van der Waals surface area contributed by atoms with Crippen molar-refractivity contribution in [2.45, 2.75) is 6.54 Å². The van der Waals surface area contributed by atoms with Crippen molar-refractivity contribution in [2.24, 2.45) is 0 Å². The molecule has 0 saturated carbocycles. The van der Waals surface area contributed by atoms with Gasteiger partial charge in [0, 0.05) is 19.3 Å². The van der Waals surface area contributed by atoms with E-state index in [2.05, 4.69) is 0 Å². The normalized spacial score (nSPS) is 10.7. The van der Waals surface area contributed by atoms with Crippen molar-refractivity contribution in [3.8, 4) is 5.75 Å². The summed E-state index contributed by atoms with van der Waals surface area (Å²) in [5, 5.41) is 0. The first-order valence-corrected chi connectivity index (χ1v) is 7.34. The molecule has 1 amide bonds. The Morgan fingerprint density at radius 1 is 1.13 bits per heavy atom. The number of nitrogens with zero attached hydrogens (tertiary/aromatic N) is 2. The van der Waals surface area contributed by atoms with Gasteiger partial charge in [0.05, 0.1) is 13.7 Å². The molecule has 0 radical (unpaired) electrons. The van der Waals surface area contributed by atoms with Crippen molar-refractivity contribution >= 4 is 11.6 Å². The molecule has 0 aliphatic carbocycles. The number of para-hydroxylation sites is 1. The summed E-state index contributed by atoms with van der Waals surface area (Å²) in [7, 11) is 5.01. The van der Waals surface area contributed by atoms with Crippen LogP contribution in [0.2, 0.25) is 0 Å². The molecule has 0 aliphatic heterocycles. The highest BCUT2D eigenvalue weighted by Crippen LogP contribution is 2.18. The second-order valence-corrected chi connectivity index (χ2v) is 5.43. The van der Waals surface area contributed by atoms with Crippen LogP contribution in [0.4, 0.5) is 10.1 Å². The molecule has 0 saturated heterocycles. The van der Waals surface area contributed by atoms with E-state index in [1.807, 2.05) is 42.3 Å². The number of carbonyl (C=O) groups is 1. The molecule has 0 spiro atoms. The van der Waals surface area contributed by atoms with Gasteiger partial charge in [-0.2, -0.15) is 0 Å². The summed E-state index contributed by atoms with van der Waals surface area (Å²) in [5.74, 6) is -0.199. The van der Waals surface area contributed by atoms with Gasteiger partial charge in [0.1, 0.15) is 0 Å². The molecule has 2 rings (SSSR count). The van der Waals surface area contributed by atoms with Gasteiger partial charge in [-0.15, -0.1) is 0 Å². The van der Waals surface area contributed by atoms with Gasteiger partial charge in [0.15, 0.2) is 11.6 Å². The summed E-state index contributed by atoms with van der Waals surface area (Å²) in [4.78, 5) is 15.8. The van der Waals surface area contributed by atoms with Gasteiger partial charge in [-0.25, -0.2) is 4.39 Å². The minimum absolute atomic E-state index is 0.0207. The summed E-state index contributed by atoms with van der Waals surface area (Å²) in [5.41, 5.74) is 1.64. The van der Waals surface area contributed by atoms with Crippen molar-refractivity contribution in [3.63, 3.8) is 0 Å². The topological polar surface area (TPSA) is 32.8 Å². The Morgan fingerprint density at radius 3 is 2.43 bits per heavy atom. The maximum atomic E-state index is 13.7. The van der Waals surface area contributed by atoms with Crippen molar-refractivity contribution in [3.05, 3.63) is 59.9 Å². The quantitative estimate of drug-likeness (QED) is 0.821. The third-order valence-electron chi connectivity index (χ3n) is 3.59. The zero-order valence-electron chi connectivity index (χ0n) is 13.6. The van der Waals surface area contributed by atoms with Crippen LogP contribution >= 0.6 is 0 Å². The zero-order chi connectivity index (χ0) is 16.8. The average Bonchev–Trinajstić information content (AvgIpc) is 2.55. The van der Waals surface area contributed by atoms with Gasteiger partial charge in [0.25, 0.3) is 0 Å². The number of anilines is 1. The molecule has 0 atom stereocenters. The second-order valence-electron chi connectivity index (χ2n) is 5.43. The Kier molecular flexibility index (Phi) is 5.71. The summed E-state index contributed by atoms with van der Waals surface area (Å²) in [6.07, 6.45) is 0. The lowest BCUT2D eigenvalue weighted by Gasteiger charge is -2.22. The van der Waals surface area contributed by atoms with Crippen LogP contribution in [-0.4, -0.2) is 38.6 Å². The van der Waals surface area contributed by atoms with Crippen LogP contribution < -0.4 is 9.64 Å². The van der Waals surface area contributed by atoms with Gasteiger partial charge >= 0.3 is 0 Å². The first kappa shape index (κ1) is 17.0. The number of carbonyl (C=O) groups excluding carboxylic acids is 1. The monoisotopic (exact) mass is 316 g/mol. The van der Waals surface area contributed by atoms with E-state index in [1.54, 1.807) is 24.1 Å². The molecule has 4 nitrogen and oxygen atoms in total. The minimum Gasteiger partial charge on any atom is -0.494 e. The molecule has 0 aliphatic rings. The first-order chi connectivity index (χ1) is 11.0. The van der Waals surface area contributed by atoms with Crippen LogP contribution in [0.15, 0.2) is 48.5 Å². The predicted molar refractivity (Wildman–Crippen MR) is 89.1 cm³/mol. The lowest BCUT2D eigenvalue weighted by atomic mass is 10.2. The largest absolute Gasteiger partial charge is 0.494 e.